The second-order valence-electron chi connectivity index (χ2n) is 3.93. The average molecular weight is 179 g/mol. The van der Waals surface area contributed by atoms with E-state index in [0.29, 0.717) is 11.8 Å². The fourth-order valence-electron chi connectivity index (χ4n) is 0.858. The number of aliphatic imine (C=N–C) groups is 1. The van der Waals surface area contributed by atoms with Crippen LogP contribution in [0.25, 0.3) is 0 Å². The van der Waals surface area contributed by atoms with E-state index in [4.69, 9.17) is 0 Å². The van der Waals surface area contributed by atoms with Crippen LogP contribution < -0.4 is 0 Å². The highest BCUT2D eigenvalue weighted by Gasteiger charge is 2.03. The Kier molecular flexibility index (Phi) is 5.36. The number of rotatable bonds is 4. The summed E-state index contributed by atoms with van der Waals surface area (Å²) < 4.78 is 0. The Hall–Kier alpha value is -0.850. The molecule has 0 radical (unpaired) electrons. The summed E-state index contributed by atoms with van der Waals surface area (Å²) in [6.45, 7) is 14.4. The highest BCUT2D eigenvalue weighted by molar-refractivity contribution is 5.97. The van der Waals surface area contributed by atoms with Crippen LogP contribution in [0.5, 0.6) is 0 Å². The third-order valence-electron chi connectivity index (χ3n) is 2.12. The summed E-state index contributed by atoms with van der Waals surface area (Å²) in [4.78, 5) is 4.25. The van der Waals surface area contributed by atoms with Gasteiger partial charge in [-0.2, -0.15) is 0 Å². The SMILES string of the molecule is C=CN=C(/C=C(\C)C(C)C)C(C)C. The van der Waals surface area contributed by atoms with Crippen molar-refractivity contribution in [2.75, 3.05) is 0 Å². The van der Waals surface area contributed by atoms with Crippen LogP contribution in [0.15, 0.2) is 29.4 Å². The third-order valence-corrected chi connectivity index (χ3v) is 2.12. The van der Waals surface area contributed by atoms with Gasteiger partial charge in [0.05, 0.1) is 0 Å². The first-order valence-electron chi connectivity index (χ1n) is 4.85. The lowest BCUT2D eigenvalue weighted by atomic mass is 9.99. The predicted octanol–water partition coefficient (Wildman–Crippen LogP) is 3.83. The molecule has 1 nitrogen and oxygen atoms in total. The summed E-state index contributed by atoms with van der Waals surface area (Å²) >= 11 is 0. The number of nitrogens with zero attached hydrogens (tertiary/aromatic N) is 1. The molecule has 1 heteroatoms. The molecule has 0 atom stereocenters. The summed E-state index contributed by atoms with van der Waals surface area (Å²) in [5.74, 6) is 1.06. The minimum absolute atomic E-state index is 0.465. The molecule has 0 aliphatic carbocycles. The highest BCUT2D eigenvalue weighted by Crippen LogP contribution is 2.10. The van der Waals surface area contributed by atoms with Crippen molar-refractivity contribution in [3.05, 3.63) is 24.4 Å². The summed E-state index contributed by atoms with van der Waals surface area (Å²) in [6.07, 6.45) is 3.77. The second kappa shape index (κ2) is 5.74. The molecular formula is C12H21N. The van der Waals surface area contributed by atoms with Crippen LogP contribution in [0.2, 0.25) is 0 Å². The molecule has 0 amide bonds. The molecule has 0 aliphatic rings. The van der Waals surface area contributed by atoms with Gasteiger partial charge in [-0.25, -0.2) is 0 Å². The molecule has 0 unspecified atom stereocenters. The van der Waals surface area contributed by atoms with Gasteiger partial charge in [-0.05, 0) is 24.8 Å². The Morgan fingerprint density at radius 1 is 1.15 bits per heavy atom. The maximum Gasteiger partial charge on any atom is 0.0428 e. The van der Waals surface area contributed by atoms with Gasteiger partial charge in [-0.3, -0.25) is 4.99 Å². The molecule has 0 bridgehead atoms. The molecule has 0 saturated heterocycles. The van der Waals surface area contributed by atoms with Crippen LogP contribution in [0.4, 0.5) is 0 Å². The Balaban J connectivity index is 4.70. The normalized spacial score (nSPS) is 14.1. The van der Waals surface area contributed by atoms with Gasteiger partial charge in [0.2, 0.25) is 0 Å². The van der Waals surface area contributed by atoms with Crippen LogP contribution in [-0.4, -0.2) is 5.71 Å². The van der Waals surface area contributed by atoms with Crippen molar-refractivity contribution >= 4 is 5.71 Å². The van der Waals surface area contributed by atoms with Crippen molar-refractivity contribution in [1.82, 2.24) is 0 Å². The van der Waals surface area contributed by atoms with Gasteiger partial charge in [-0.15, -0.1) is 0 Å². The zero-order valence-corrected chi connectivity index (χ0v) is 9.46. The van der Waals surface area contributed by atoms with E-state index in [1.165, 1.54) is 5.57 Å². The van der Waals surface area contributed by atoms with Crippen molar-refractivity contribution in [3.63, 3.8) is 0 Å². The van der Waals surface area contributed by atoms with Gasteiger partial charge in [0, 0.05) is 11.9 Å². The van der Waals surface area contributed by atoms with Gasteiger partial charge in [0.1, 0.15) is 0 Å². The number of hydrogen-bond donors (Lipinski definition) is 0. The molecule has 0 fully saturated rings. The Morgan fingerprint density at radius 2 is 1.69 bits per heavy atom. The first-order valence-corrected chi connectivity index (χ1v) is 4.85. The maximum atomic E-state index is 4.25. The van der Waals surface area contributed by atoms with Crippen molar-refractivity contribution in [3.8, 4) is 0 Å². The van der Waals surface area contributed by atoms with Crippen molar-refractivity contribution in [1.29, 1.82) is 0 Å². The molecule has 13 heavy (non-hydrogen) atoms. The minimum Gasteiger partial charge on any atom is -0.262 e. The largest absolute Gasteiger partial charge is 0.262 e. The first-order chi connectivity index (χ1) is 5.99. The zero-order valence-electron chi connectivity index (χ0n) is 9.46. The minimum atomic E-state index is 0.465. The van der Waals surface area contributed by atoms with Crippen LogP contribution in [0.3, 0.4) is 0 Å². The van der Waals surface area contributed by atoms with E-state index in [1.807, 2.05) is 0 Å². The predicted molar refractivity (Wildman–Crippen MR) is 61.1 cm³/mol. The summed E-state index contributed by atoms with van der Waals surface area (Å²) in [7, 11) is 0. The quantitative estimate of drug-likeness (QED) is 0.582. The van der Waals surface area contributed by atoms with Crippen LogP contribution >= 0.6 is 0 Å². The van der Waals surface area contributed by atoms with E-state index in [2.05, 4.69) is 52.3 Å². The third kappa shape index (κ3) is 4.66. The molecular weight excluding hydrogens is 158 g/mol. The molecule has 0 aromatic rings. The molecule has 0 saturated carbocycles. The number of hydrogen-bond acceptors (Lipinski definition) is 1. The lowest BCUT2D eigenvalue weighted by molar-refractivity contribution is 0.768. The molecule has 0 N–H and O–H groups in total. The van der Waals surface area contributed by atoms with Gasteiger partial charge >= 0.3 is 0 Å². The second-order valence-corrected chi connectivity index (χ2v) is 3.93. The fraction of sp³-hybridized carbons (Fsp3) is 0.583. The lowest BCUT2D eigenvalue weighted by Gasteiger charge is -2.09. The topological polar surface area (TPSA) is 12.4 Å². The van der Waals surface area contributed by atoms with Gasteiger partial charge in [0.25, 0.3) is 0 Å². The molecule has 0 spiro atoms. The van der Waals surface area contributed by atoms with Crippen LogP contribution in [0, 0.1) is 11.8 Å². The van der Waals surface area contributed by atoms with Crippen molar-refractivity contribution in [2.24, 2.45) is 16.8 Å². The molecule has 0 heterocycles. The fourth-order valence-corrected chi connectivity index (χ4v) is 0.858. The van der Waals surface area contributed by atoms with E-state index in [1.54, 1.807) is 6.20 Å². The molecule has 0 aliphatic heterocycles. The molecule has 0 aromatic carbocycles. The smallest absolute Gasteiger partial charge is 0.0428 e. The Labute approximate surface area is 82.3 Å². The average Bonchev–Trinajstić information content (AvgIpc) is 2.03. The van der Waals surface area contributed by atoms with E-state index in [-0.39, 0.29) is 0 Å². The van der Waals surface area contributed by atoms with E-state index < -0.39 is 0 Å². The van der Waals surface area contributed by atoms with Crippen molar-refractivity contribution < 1.29 is 0 Å². The van der Waals surface area contributed by atoms with Gasteiger partial charge in [-0.1, -0.05) is 39.8 Å². The van der Waals surface area contributed by atoms with E-state index in [9.17, 15) is 0 Å². The molecule has 0 aromatic heterocycles. The maximum absolute atomic E-state index is 4.25. The Bertz CT molecular complexity index is 219. The van der Waals surface area contributed by atoms with Gasteiger partial charge < -0.3 is 0 Å². The summed E-state index contributed by atoms with van der Waals surface area (Å²) in [5.41, 5.74) is 2.48. The standard InChI is InChI=1S/C12H21N/c1-7-13-12(10(4)5)8-11(6)9(2)3/h7-10H,1H2,2-6H3/b11-8+,13-12?. The van der Waals surface area contributed by atoms with Gasteiger partial charge in [0.15, 0.2) is 0 Å². The van der Waals surface area contributed by atoms with E-state index in [0.717, 1.165) is 5.71 Å². The number of allylic oxidation sites excluding steroid dienone is 2. The van der Waals surface area contributed by atoms with E-state index >= 15 is 0 Å². The highest BCUT2D eigenvalue weighted by atomic mass is 14.7. The van der Waals surface area contributed by atoms with Crippen molar-refractivity contribution in [2.45, 2.75) is 34.6 Å². The summed E-state index contributed by atoms with van der Waals surface area (Å²) in [6, 6.07) is 0. The first kappa shape index (κ1) is 12.2. The molecule has 0 rings (SSSR count). The lowest BCUT2D eigenvalue weighted by Crippen LogP contribution is -2.05. The monoisotopic (exact) mass is 179 g/mol. The van der Waals surface area contributed by atoms with Crippen LogP contribution in [0.1, 0.15) is 34.6 Å². The Morgan fingerprint density at radius 3 is 2.00 bits per heavy atom. The summed E-state index contributed by atoms with van der Waals surface area (Å²) in [5, 5.41) is 0. The molecule has 74 valence electrons. The van der Waals surface area contributed by atoms with Crippen LogP contribution in [-0.2, 0) is 0 Å². The zero-order chi connectivity index (χ0) is 10.4.